The van der Waals surface area contributed by atoms with Gasteiger partial charge >= 0.3 is 0 Å². The van der Waals surface area contributed by atoms with E-state index in [9.17, 15) is 0 Å². The lowest BCUT2D eigenvalue weighted by Gasteiger charge is -2.21. The molecule has 0 fully saturated rings. The zero-order valence-electron chi connectivity index (χ0n) is 8.77. The van der Waals surface area contributed by atoms with Crippen molar-refractivity contribution in [3.05, 3.63) is 24.3 Å². The van der Waals surface area contributed by atoms with Gasteiger partial charge in [-0.05, 0) is 18.4 Å². The average Bonchev–Trinajstić information content (AvgIpc) is 2.57. The third-order valence-corrected chi connectivity index (χ3v) is 5.15. The minimum absolute atomic E-state index is 0.474. The summed E-state index contributed by atoms with van der Waals surface area (Å²) in [6.07, 6.45) is 3.03. The van der Waals surface area contributed by atoms with E-state index in [1.807, 2.05) is 11.8 Å². The van der Waals surface area contributed by atoms with Crippen molar-refractivity contribution in [3.8, 4) is 0 Å². The van der Waals surface area contributed by atoms with E-state index in [0.29, 0.717) is 5.37 Å². The molecule has 80 valence electrons. The van der Waals surface area contributed by atoms with Gasteiger partial charge in [0.05, 0.1) is 15.3 Å². The Kier molecular flexibility index (Phi) is 3.59. The summed E-state index contributed by atoms with van der Waals surface area (Å²) in [5.74, 6) is 0. The van der Waals surface area contributed by atoms with Crippen molar-refractivity contribution in [1.29, 1.82) is 0 Å². The molecule has 0 saturated heterocycles. The summed E-state index contributed by atoms with van der Waals surface area (Å²) in [5, 5.41) is 0.474. The molecule has 1 aromatic rings. The zero-order valence-corrected chi connectivity index (χ0v) is 11.2. The van der Waals surface area contributed by atoms with Crippen LogP contribution in [0.2, 0.25) is 0 Å². The fourth-order valence-corrected chi connectivity index (χ4v) is 3.63. The molecule has 1 aliphatic heterocycles. The van der Waals surface area contributed by atoms with Gasteiger partial charge in [0.2, 0.25) is 0 Å². The Morgan fingerprint density at radius 1 is 1.53 bits per heavy atom. The molecule has 0 N–H and O–H groups in total. The standard InChI is InChI=1S/C11H13NS3/c1-12-8-5-3-4-6-9(8)15-10(12)7-11(13)14-2/h3-6,10H,7H2,1-2H3. The second-order valence-corrected chi connectivity index (χ2v) is 6.30. The van der Waals surface area contributed by atoms with Crippen molar-refractivity contribution in [2.75, 3.05) is 18.2 Å². The van der Waals surface area contributed by atoms with Gasteiger partial charge in [0, 0.05) is 18.4 Å². The second kappa shape index (κ2) is 4.76. The highest BCUT2D eigenvalue weighted by atomic mass is 32.2. The lowest BCUT2D eigenvalue weighted by atomic mass is 10.3. The first-order valence-corrected chi connectivity index (χ1v) is 7.29. The summed E-state index contributed by atoms with van der Waals surface area (Å²) < 4.78 is 1.09. The first kappa shape index (κ1) is 11.3. The van der Waals surface area contributed by atoms with E-state index in [4.69, 9.17) is 12.2 Å². The Balaban J connectivity index is 2.13. The van der Waals surface area contributed by atoms with Gasteiger partial charge in [0.15, 0.2) is 0 Å². The fraction of sp³-hybridized carbons (Fsp3) is 0.364. The maximum Gasteiger partial charge on any atom is 0.0848 e. The molecule has 2 rings (SSSR count). The lowest BCUT2D eigenvalue weighted by molar-refractivity contribution is 0.884. The maximum atomic E-state index is 5.28. The molecule has 0 aliphatic carbocycles. The van der Waals surface area contributed by atoms with Crippen LogP contribution in [0.25, 0.3) is 0 Å². The van der Waals surface area contributed by atoms with E-state index in [-0.39, 0.29) is 0 Å². The summed E-state index contributed by atoms with van der Waals surface area (Å²) in [4.78, 5) is 3.69. The van der Waals surface area contributed by atoms with E-state index in [1.54, 1.807) is 11.8 Å². The topological polar surface area (TPSA) is 3.24 Å². The van der Waals surface area contributed by atoms with Crippen LogP contribution in [0.3, 0.4) is 0 Å². The minimum atomic E-state index is 0.474. The number of rotatable bonds is 2. The van der Waals surface area contributed by atoms with Crippen molar-refractivity contribution >= 4 is 45.6 Å². The third-order valence-electron chi connectivity index (χ3n) is 2.51. The van der Waals surface area contributed by atoms with Crippen molar-refractivity contribution in [3.63, 3.8) is 0 Å². The summed E-state index contributed by atoms with van der Waals surface area (Å²) in [5.41, 5.74) is 1.33. The number of thioether (sulfide) groups is 2. The SMILES string of the molecule is CSC(=S)CC1Sc2ccccc2N1C. The number of para-hydroxylation sites is 1. The Labute approximate surface area is 105 Å². The van der Waals surface area contributed by atoms with Crippen molar-refractivity contribution in [2.45, 2.75) is 16.7 Å². The monoisotopic (exact) mass is 255 g/mol. The number of benzene rings is 1. The highest BCUT2D eigenvalue weighted by Gasteiger charge is 2.27. The van der Waals surface area contributed by atoms with Gasteiger partial charge in [0.1, 0.15) is 0 Å². The summed E-state index contributed by atoms with van der Waals surface area (Å²) in [6.45, 7) is 0. The molecule has 0 saturated carbocycles. The molecule has 1 atom stereocenters. The quantitative estimate of drug-likeness (QED) is 0.742. The molecule has 1 aromatic carbocycles. The minimum Gasteiger partial charge on any atom is -0.361 e. The molecule has 0 radical (unpaired) electrons. The molecular formula is C11H13NS3. The molecule has 0 amide bonds. The molecule has 1 aliphatic rings. The van der Waals surface area contributed by atoms with Crippen molar-refractivity contribution in [2.24, 2.45) is 0 Å². The molecule has 0 bridgehead atoms. The number of hydrogen-bond acceptors (Lipinski definition) is 4. The normalized spacial score (nSPS) is 19.1. The van der Waals surface area contributed by atoms with Crippen LogP contribution in [0.15, 0.2) is 29.2 Å². The predicted molar refractivity (Wildman–Crippen MR) is 75.2 cm³/mol. The van der Waals surface area contributed by atoms with Crippen molar-refractivity contribution < 1.29 is 0 Å². The van der Waals surface area contributed by atoms with Crippen LogP contribution in [0, 0.1) is 0 Å². The van der Waals surface area contributed by atoms with Gasteiger partial charge < -0.3 is 4.90 Å². The number of thiocarbonyl (C=S) groups is 1. The van der Waals surface area contributed by atoms with Crippen LogP contribution in [0.5, 0.6) is 0 Å². The first-order valence-electron chi connectivity index (χ1n) is 4.77. The highest BCUT2D eigenvalue weighted by molar-refractivity contribution is 8.22. The van der Waals surface area contributed by atoms with Gasteiger partial charge in [-0.25, -0.2) is 0 Å². The Morgan fingerprint density at radius 2 is 2.27 bits per heavy atom. The molecular weight excluding hydrogens is 242 g/mol. The molecule has 4 heteroatoms. The Morgan fingerprint density at radius 3 is 2.93 bits per heavy atom. The van der Waals surface area contributed by atoms with Gasteiger partial charge in [-0.15, -0.1) is 11.8 Å². The number of fused-ring (bicyclic) bond motifs is 1. The van der Waals surface area contributed by atoms with E-state index < -0.39 is 0 Å². The molecule has 0 spiro atoms. The number of hydrogen-bond donors (Lipinski definition) is 0. The third kappa shape index (κ3) is 2.32. The van der Waals surface area contributed by atoms with E-state index in [1.165, 1.54) is 10.6 Å². The van der Waals surface area contributed by atoms with Gasteiger partial charge in [-0.3, -0.25) is 0 Å². The summed E-state index contributed by atoms with van der Waals surface area (Å²) in [7, 11) is 2.15. The molecule has 1 heterocycles. The van der Waals surface area contributed by atoms with Gasteiger partial charge in [-0.1, -0.05) is 36.1 Å². The maximum absolute atomic E-state index is 5.28. The summed E-state index contributed by atoms with van der Waals surface area (Å²) in [6, 6.07) is 8.53. The number of nitrogens with zero attached hydrogens (tertiary/aromatic N) is 1. The van der Waals surface area contributed by atoms with Crippen molar-refractivity contribution in [1.82, 2.24) is 0 Å². The zero-order chi connectivity index (χ0) is 10.8. The van der Waals surface area contributed by atoms with E-state index >= 15 is 0 Å². The smallest absolute Gasteiger partial charge is 0.0848 e. The molecule has 1 unspecified atom stereocenters. The Bertz CT molecular complexity index is 378. The summed E-state index contributed by atoms with van der Waals surface area (Å²) >= 11 is 8.88. The van der Waals surface area contributed by atoms with E-state index in [0.717, 1.165) is 10.6 Å². The van der Waals surface area contributed by atoms with Gasteiger partial charge in [0.25, 0.3) is 0 Å². The predicted octanol–water partition coefficient (Wildman–Crippen LogP) is 3.64. The Hall–Kier alpha value is -0.190. The lowest BCUT2D eigenvalue weighted by Crippen LogP contribution is -2.25. The average molecular weight is 255 g/mol. The van der Waals surface area contributed by atoms with Crippen LogP contribution in [0.1, 0.15) is 6.42 Å². The molecule has 1 nitrogen and oxygen atoms in total. The first-order chi connectivity index (χ1) is 7.22. The van der Waals surface area contributed by atoms with Crippen LogP contribution >= 0.6 is 35.7 Å². The molecule has 15 heavy (non-hydrogen) atoms. The van der Waals surface area contributed by atoms with Gasteiger partial charge in [-0.2, -0.15) is 0 Å². The largest absolute Gasteiger partial charge is 0.361 e. The van der Waals surface area contributed by atoms with E-state index in [2.05, 4.69) is 42.5 Å². The van der Waals surface area contributed by atoms with Crippen LogP contribution < -0.4 is 4.90 Å². The van der Waals surface area contributed by atoms with Crippen LogP contribution in [0.4, 0.5) is 5.69 Å². The van der Waals surface area contributed by atoms with Crippen LogP contribution in [-0.4, -0.2) is 22.9 Å². The fourth-order valence-electron chi connectivity index (χ4n) is 1.63. The second-order valence-electron chi connectivity index (χ2n) is 3.43. The highest BCUT2D eigenvalue weighted by Crippen LogP contribution is 2.43. The molecule has 0 aromatic heterocycles. The van der Waals surface area contributed by atoms with Crippen LogP contribution in [-0.2, 0) is 0 Å². The number of anilines is 1.